The van der Waals surface area contributed by atoms with Crippen molar-refractivity contribution >= 4 is 19.9 Å². The number of rotatable bonds is 3. The molecule has 0 radical (unpaired) electrons. The number of nitrogens with zero attached hydrogens (tertiary/aromatic N) is 1. The average molecular weight is 297 g/mol. The molecule has 108 valence electrons. The predicted octanol–water partition coefficient (Wildman–Crippen LogP) is 0.871. The van der Waals surface area contributed by atoms with E-state index in [0.29, 0.717) is 25.9 Å². The fourth-order valence-electron chi connectivity index (χ4n) is 1.97. The molecule has 0 saturated carbocycles. The van der Waals surface area contributed by atoms with Gasteiger partial charge in [-0.2, -0.15) is 0 Å². The molecule has 0 aliphatic carbocycles. The van der Waals surface area contributed by atoms with Gasteiger partial charge in [0.25, 0.3) is 0 Å². The summed E-state index contributed by atoms with van der Waals surface area (Å²) in [6, 6.07) is 0. The second-order valence-corrected chi connectivity index (χ2v) is 10.8. The summed E-state index contributed by atoms with van der Waals surface area (Å²) in [5.41, 5.74) is 0. The first kappa shape index (κ1) is 15.9. The van der Waals surface area contributed by atoms with Crippen LogP contribution in [0.2, 0.25) is 0 Å². The maximum absolute atomic E-state index is 12.1. The van der Waals surface area contributed by atoms with Crippen molar-refractivity contribution in [2.45, 2.75) is 38.4 Å². The largest absolute Gasteiger partial charge is 0.228 e. The van der Waals surface area contributed by atoms with E-state index in [-0.39, 0.29) is 11.7 Å². The second kappa shape index (κ2) is 5.09. The van der Waals surface area contributed by atoms with Crippen LogP contribution in [0.25, 0.3) is 0 Å². The van der Waals surface area contributed by atoms with Gasteiger partial charge < -0.3 is 0 Å². The quantitative estimate of drug-likeness (QED) is 0.775. The highest BCUT2D eigenvalue weighted by Crippen LogP contribution is 2.25. The van der Waals surface area contributed by atoms with Crippen molar-refractivity contribution in [3.63, 3.8) is 0 Å². The van der Waals surface area contributed by atoms with Gasteiger partial charge in [0.05, 0.1) is 16.8 Å². The molecule has 1 heterocycles. The van der Waals surface area contributed by atoms with E-state index >= 15 is 0 Å². The molecular weight excluding hydrogens is 274 g/mol. The third kappa shape index (κ3) is 3.93. The van der Waals surface area contributed by atoms with Crippen LogP contribution in [0.1, 0.15) is 33.6 Å². The van der Waals surface area contributed by atoms with Crippen molar-refractivity contribution in [3.8, 4) is 0 Å². The molecule has 0 aromatic rings. The topological polar surface area (TPSA) is 71.5 Å². The normalized spacial score (nSPS) is 21.1. The Morgan fingerprint density at radius 3 is 1.83 bits per heavy atom. The lowest BCUT2D eigenvalue weighted by Gasteiger charge is -2.31. The van der Waals surface area contributed by atoms with Gasteiger partial charge in [0.2, 0.25) is 10.0 Å². The molecule has 0 N–H and O–H groups in total. The molecule has 1 rings (SSSR count). The molecule has 1 aliphatic heterocycles. The summed E-state index contributed by atoms with van der Waals surface area (Å²) in [7, 11) is -6.26. The Balaban J connectivity index is 2.61. The van der Waals surface area contributed by atoms with Crippen LogP contribution in [-0.4, -0.2) is 51.0 Å². The molecule has 0 atom stereocenters. The molecular formula is C11H23NO4S2. The van der Waals surface area contributed by atoms with E-state index in [4.69, 9.17) is 0 Å². The second-order valence-electron chi connectivity index (χ2n) is 6.00. The Morgan fingerprint density at radius 2 is 1.50 bits per heavy atom. The van der Waals surface area contributed by atoms with Crippen molar-refractivity contribution in [2.75, 3.05) is 25.1 Å². The number of piperidine rings is 1. The van der Waals surface area contributed by atoms with Crippen molar-refractivity contribution in [3.05, 3.63) is 0 Å². The Kier molecular flexibility index (Phi) is 4.50. The first-order valence-corrected chi connectivity index (χ1v) is 9.61. The van der Waals surface area contributed by atoms with Crippen molar-refractivity contribution in [1.82, 2.24) is 4.31 Å². The van der Waals surface area contributed by atoms with Gasteiger partial charge in [-0.05, 0) is 39.5 Å². The number of sulfone groups is 1. The molecule has 0 spiro atoms. The molecule has 0 bridgehead atoms. The Morgan fingerprint density at radius 1 is 1.06 bits per heavy atom. The number of hydrogen-bond acceptors (Lipinski definition) is 4. The third-order valence-electron chi connectivity index (χ3n) is 3.43. The van der Waals surface area contributed by atoms with Crippen LogP contribution < -0.4 is 0 Å². The van der Waals surface area contributed by atoms with E-state index in [1.807, 2.05) is 0 Å². The van der Waals surface area contributed by atoms with Gasteiger partial charge >= 0.3 is 0 Å². The van der Waals surface area contributed by atoms with Gasteiger partial charge in [-0.25, -0.2) is 21.1 Å². The van der Waals surface area contributed by atoms with E-state index in [9.17, 15) is 16.8 Å². The monoisotopic (exact) mass is 297 g/mol. The van der Waals surface area contributed by atoms with E-state index in [1.54, 1.807) is 20.8 Å². The van der Waals surface area contributed by atoms with Crippen molar-refractivity contribution < 1.29 is 16.8 Å². The third-order valence-corrected chi connectivity index (χ3v) is 7.51. The minimum atomic E-state index is -3.14. The first-order chi connectivity index (χ1) is 7.93. The zero-order valence-corrected chi connectivity index (χ0v) is 13.1. The fourth-order valence-corrected chi connectivity index (χ4v) is 4.30. The summed E-state index contributed by atoms with van der Waals surface area (Å²) < 4.78 is 47.5. The summed E-state index contributed by atoms with van der Waals surface area (Å²) in [5.74, 6) is 0.237. The van der Waals surface area contributed by atoms with Gasteiger partial charge in [0.15, 0.2) is 9.84 Å². The molecule has 7 heteroatoms. The molecule has 0 unspecified atom stereocenters. The van der Waals surface area contributed by atoms with Crippen LogP contribution in [0, 0.1) is 5.92 Å². The molecule has 1 fully saturated rings. The Labute approximate surface area is 111 Å². The highest BCUT2D eigenvalue weighted by Gasteiger charge is 2.34. The molecule has 18 heavy (non-hydrogen) atoms. The maximum atomic E-state index is 12.1. The van der Waals surface area contributed by atoms with Crippen molar-refractivity contribution in [2.24, 2.45) is 5.92 Å². The summed E-state index contributed by atoms with van der Waals surface area (Å²) in [4.78, 5) is 0. The van der Waals surface area contributed by atoms with Gasteiger partial charge in [0, 0.05) is 13.1 Å². The van der Waals surface area contributed by atoms with E-state index in [1.165, 1.54) is 10.6 Å². The van der Waals surface area contributed by atoms with Crippen LogP contribution in [-0.2, 0) is 19.9 Å². The highest BCUT2D eigenvalue weighted by atomic mass is 32.2. The van der Waals surface area contributed by atoms with Gasteiger partial charge in [-0.1, -0.05) is 0 Å². The van der Waals surface area contributed by atoms with Gasteiger partial charge in [0.1, 0.15) is 0 Å². The standard InChI is InChI=1S/C11H23NO4S2/c1-11(2,3)18(15,16)9-10-5-7-12(8-6-10)17(4,13)14/h10H,5-9H2,1-4H3. The SMILES string of the molecule is CC(C)(C)S(=O)(=O)CC1CCN(S(C)(=O)=O)CC1. The summed E-state index contributed by atoms with van der Waals surface area (Å²) >= 11 is 0. The lowest BCUT2D eigenvalue weighted by atomic mass is 10.0. The average Bonchev–Trinajstić information content (AvgIpc) is 2.14. The molecule has 1 saturated heterocycles. The zero-order chi connectivity index (χ0) is 14.2. The minimum absolute atomic E-state index is 0.0761. The summed E-state index contributed by atoms with van der Waals surface area (Å²) in [6.45, 7) is 5.97. The van der Waals surface area contributed by atoms with Crippen LogP contribution in [0.4, 0.5) is 0 Å². The molecule has 0 aromatic heterocycles. The number of hydrogen-bond donors (Lipinski definition) is 0. The van der Waals surface area contributed by atoms with Crippen LogP contribution in [0.3, 0.4) is 0 Å². The summed E-state index contributed by atoms with van der Waals surface area (Å²) in [5, 5.41) is 0. The first-order valence-electron chi connectivity index (χ1n) is 6.11. The summed E-state index contributed by atoms with van der Waals surface area (Å²) in [6.07, 6.45) is 2.45. The molecule has 1 aliphatic rings. The van der Waals surface area contributed by atoms with Crippen LogP contribution in [0.5, 0.6) is 0 Å². The van der Waals surface area contributed by atoms with Gasteiger partial charge in [-0.15, -0.1) is 0 Å². The fraction of sp³-hybridized carbons (Fsp3) is 1.00. The lowest BCUT2D eigenvalue weighted by Crippen LogP contribution is -2.41. The Bertz CT molecular complexity index is 480. The maximum Gasteiger partial charge on any atom is 0.211 e. The lowest BCUT2D eigenvalue weighted by molar-refractivity contribution is 0.290. The van der Waals surface area contributed by atoms with Gasteiger partial charge in [-0.3, -0.25) is 0 Å². The minimum Gasteiger partial charge on any atom is -0.228 e. The van der Waals surface area contributed by atoms with Crippen LogP contribution >= 0.6 is 0 Å². The number of sulfonamides is 1. The van der Waals surface area contributed by atoms with Crippen molar-refractivity contribution in [1.29, 1.82) is 0 Å². The Hall–Kier alpha value is -0.140. The molecule has 5 nitrogen and oxygen atoms in total. The molecule has 0 amide bonds. The highest BCUT2D eigenvalue weighted by molar-refractivity contribution is 7.92. The predicted molar refractivity (Wildman–Crippen MR) is 72.7 cm³/mol. The van der Waals surface area contributed by atoms with E-state index in [2.05, 4.69) is 0 Å². The van der Waals surface area contributed by atoms with E-state index in [0.717, 1.165) is 0 Å². The van der Waals surface area contributed by atoms with Crippen LogP contribution in [0.15, 0.2) is 0 Å². The zero-order valence-electron chi connectivity index (χ0n) is 11.5. The smallest absolute Gasteiger partial charge is 0.211 e. The molecule has 0 aromatic carbocycles. The van der Waals surface area contributed by atoms with E-state index < -0.39 is 24.6 Å².